The van der Waals surface area contributed by atoms with Gasteiger partial charge in [0.2, 0.25) is 0 Å². The number of carboxylic acid groups (broad SMARTS) is 2. The lowest BCUT2D eigenvalue weighted by Gasteiger charge is -2.15. The molecule has 112 valence electrons. The van der Waals surface area contributed by atoms with E-state index < -0.39 is 23.9 Å². The number of nitrogens with zero attached hydrogens (tertiary/aromatic N) is 1. The molecule has 0 fully saturated rings. The Kier molecular flexibility index (Phi) is 4.47. The van der Waals surface area contributed by atoms with Crippen LogP contribution >= 0.6 is 0 Å². The van der Waals surface area contributed by atoms with Crippen LogP contribution in [0.4, 0.5) is 0 Å². The average molecular weight is 300 g/mol. The number of hydrogen-bond acceptors (Lipinski definition) is 4. The summed E-state index contributed by atoms with van der Waals surface area (Å²) in [6, 6.07) is 9.41. The Balaban J connectivity index is 2.30. The average Bonchev–Trinajstić information content (AvgIpc) is 2.52. The highest BCUT2D eigenvalue weighted by atomic mass is 16.4. The third-order valence-electron chi connectivity index (χ3n) is 2.91. The molecule has 2 rings (SSSR count). The number of carboxylic acids is 2. The topological polar surface area (TPSA) is 117 Å². The maximum atomic E-state index is 12.2. The molecule has 1 aromatic carbocycles. The highest BCUT2D eigenvalue weighted by molar-refractivity contribution is 6.04. The SMILES string of the molecule is O=C(O)c1cccnc1C(=O)N[C@H](C(=O)O)c1ccccc1. The summed E-state index contributed by atoms with van der Waals surface area (Å²) in [5.74, 6) is -3.44. The number of benzene rings is 1. The molecule has 7 heteroatoms. The molecule has 1 aromatic heterocycles. The highest BCUT2D eigenvalue weighted by Gasteiger charge is 2.25. The molecule has 1 atom stereocenters. The number of pyridine rings is 1. The molecular weight excluding hydrogens is 288 g/mol. The molecule has 22 heavy (non-hydrogen) atoms. The second-order valence-corrected chi connectivity index (χ2v) is 4.36. The number of rotatable bonds is 5. The maximum Gasteiger partial charge on any atom is 0.338 e. The van der Waals surface area contributed by atoms with E-state index in [2.05, 4.69) is 10.3 Å². The quantitative estimate of drug-likeness (QED) is 0.767. The van der Waals surface area contributed by atoms with E-state index >= 15 is 0 Å². The van der Waals surface area contributed by atoms with Crippen molar-refractivity contribution < 1.29 is 24.6 Å². The molecule has 1 amide bonds. The summed E-state index contributed by atoms with van der Waals surface area (Å²) >= 11 is 0. The van der Waals surface area contributed by atoms with Gasteiger partial charge in [-0.1, -0.05) is 30.3 Å². The standard InChI is InChI=1S/C15H12N2O5/c18-13(12-10(14(19)20)7-4-8-16-12)17-11(15(21)22)9-5-2-1-3-6-9/h1-8,11H,(H,17,18)(H,19,20)(H,21,22)/t11-/m0/s1. The first kappa shape index (κ1) is 15.2. The van der Waals surface area contributed by atoms with Crippen LogP contribution in [0.2, 0.25) is 0 Å². The molecule has 1 heterocycles. The number of hydrogen-bond donors (Lipinski definition) is 3. The first-order valence-electron chi connectivity index (χ1n) is 6.27. The van der Waals surface area contributed by atoms with E-state index in [1.165, 1.54) is 18.3 Å². The number of nitrogens with one attached hydrogen (secondary N) is 1. The first-order chi connectivity index (χ1) is 10.5. The van der Waals surface area contributed by atoms with Gasteiger partial charge in [-0.3, -0.25) is 9.78 Å². The Morgan fingerprint density at radius 2 is 1.68 bits per heavy atom. The third kappa shape index (κ3) is 3.26. The van der Waals surface area contributed by atoms with Gasteiger partial charge in [-0.05, 0) is 17.7 Å². The zero-order valence-electron chi connectivity index (χ0n) is 11.3. The van der Waals surface area contributed by atoms with Crippen molar-refractivity contribution in [3.63, 3.8) is 0 Å². The minimum atomic E-state index is -1.31. The van der Waals surface area contributed by atoms with Crippen LogP contribution in [0.25, 0.3) is 0 Å². The summed E-state index contributed by atoms with van der Waals surface area (Å²) < 4.78 is 0. The van der Waals surface area contributed by atoms with Crippen LogP contribution in [0.3, 0.4) is 0 Å². The van der Waals surface area contributed by atoms with Gasteiger partial charge < -0.3 is 15.5 Å². The van der Waals surface area contributed by atoms with E-state index in [0.717, 1.165) is 0 Å². The van der Waals surface area contributed by atoms with Crippen molar-refractivity contribution in [3.05, 3.63) is 65.5 Å². The van der Waals surface area contributed by atoms with E-state index in [9.17, 15) is 19.5 Å². The molecule has 0 aliphatic heterocycles. The van der Waals surface area contributed by atoms with Crippen LogP contribution in [-0.2, 0) is 4.79 Å². The molecule has 0 unspecified atom stereocenters. The summed E-state index contributed by atoms with van der Waals surface area (Å²) in [7, 11) is 0. The van der Waals surface area contributed by atoms with Crippen molar-refractivity contribution >= 4 is 17.8 Å². The Labute approximate surface area is 125 Å². The maximum absolute atomic E-state index is 12.2. The van der Waals surface area contributed by atoms with Crippen molar-refractivity contribution in [1.82, 2.24) is 10.3 Å². The monoisotopic (exact) mass is 300 g/mol. The normalized spacial score (nSPS) is 11.5. The van der Waals surface area contributed by atoms with Crippen LogP contribution in [0.5, 0.6) is 0 Å². The van der Waals surface area contributed by atoms with Gasteiger partial charge >= 0.3 is 11.9 Å². The van der Waals surface area contributed by atoms with Crippen LogP contribution in [0, 0.1) is 0 Å². The lowest BCUT2D eigenvalue weighted by molar-refractivity contribution is -0.139. The van der Waals surface area contributed by atoms with E-state index in [-0.39, 0.29) is 11.3 Å². The molecule has 0 aliphatic rings. The third-order valence-corrected chi connectivity index (χ3v) is 2.91. The number of carbonyl (C=O) groups is 3. The Morgan fingerprint density at radius 3 is 2.27 bits per heavy atom. The molecular formula is C15H12N2O5. The van der Waals surface area contributed by atoms with Gasteiger partial charge in [0.15, 0.2) is 6.04 Å². The molecule has 0 aliphatic carbocycles. The summed E-state index contributed by atoms with van der Waals surface area (Å²) in [6.45, 7) is 0. The van der Waals surface area contributed by atoms with Gasteiger partial charge in [0.1, 0.15) is 5.69 Å². The summed E-state index contributed by atoms with van der Waals surface area (Å²) in [5, 5.41) is 20.6. The van der Waals surface area contributed by atoms with E-state index in [4.69, 9.17) is 5.11 Å². The smallest absolute Gasteiger partial charge is 0.338 e. The first-order valence-corrected chi connectivity index (χ1v) is 6.27. The van der Waals surface area contributed by atoms with Gasteiger partial charge in [0.25, 0.3) is 5.91 Å². The molecule has 0 saturated heterocycles. The Bertz CT molecular complexity index is 715. The molecule has 0 saturated carbocycles. The van der Waals surface area contributed by atoms with E-state index in [1.807, 2.05) is 0 Å². The second-order valence-electron chi connectivity index (χ2n) is 4.36. The van der Waals surface area contributed by atoms with E-state index in [0.29, 0.717) is 5.56 Å². The predicted octanol–water partition coefficient (Wildman–Crippen LogP) is 1.34. The zero-order valence-corrected chi connectivity index (χ0v) is 11.3. The summed E-state index contributed by atoms with van der Waals surface area (Å²) in [5.41, 5.74) is -0.259. The Morgan fingerprint density at radius 1 is 1.00 bits per heavy atom. The lowest BCUT2D eigenvalue weighted by Crippen LogP contribution is -2.35. The number of amides is 1. The number of aromatic nitrogens is 1. The predicted molar refractivity (Wildman–Crippen MR) is 75.5 cm³/mol. The molecule has 0 bridgehead atoms. The fraction of sp³-hybridized carbons (Fsp3) is 0.0667. The lowest BCUT2D eigenvalue weighted by atomic mass is 10.1. The molecule has 3 N–H and O–H groups in total. The number of aromatic carboxylic acids is 1. The minimum Gasteiger partial charge on any atom is -0.479 e. The molecule has 7 nitrogen and oxygen atoms in total. The number of carbonyl (C=O) groups excluding carboxylic acids is 1. The van der Waals surface area contributed by atoms with Crippen LogP contribution < -0.4 is 5.32 Å². The zero-order chi connectivity index (χ0) is 16.1. The van der Waals surface area contributed by atoms with Gasteiger partial charge in [-0.15, -0.1) is 0 Å². The highest BCUT2D eigenvalue weighted by Crippen LogP contribution is 2.14. The van der Waals surface area contributed by atoms with Crippen LogP contribution in [0.15, 0.2) is 48.7 Å². The molecule has 2 aromatic rings. The summed E-state index contributed by atoms with van der Waals surface area (Å²) in [4.78, 5) is 38.3. The summed E-state index contributed by atoms with van der Waals surface area (Å²) in [6.07, 6.45) is 1.26. The largest absolute Gasteiger partial charge is 0.479 e. The van der Waals surface area contributed by atoms with Crippen molar-refractivity contribution in [2.75, 3.05) is 0 Å². The Hall–Kier alpha value is -3.22. The van der Waals surface area contributed by atoms with Crippen LogP contribution in [0.1, 0.15) is 32.5 Å². The van der Waals surface area contributed by atoms with Crippen molar-refractivity contribution in [1.29, 1.82) is 0 Å². The number of aliphatic carboxylic acids is 1. The molecule has 0 spiro atoms. The van der Waals surface area contributed by atoms with Gasteiger partial charge in [-0.25, -0.2) is 9.59 Å². The van der Waals surface area contributed by atoms with Gasteiger partial charge in [0, 0.05) is 6.20 Å². The van der Waals surface area contributed by atoms with Crippen molar-refractivity contribution in [2.24, 2.45) is 0 Å². The fourth-order valence-corrected chi connectivity index (χ4v) is 1.89. The van der Waals surface area contributed by atoms with Crippen LogP contribution in [-0.4, -0.2) is 33.0 Å². The van der Waals surface area contributed by atoms with E-state index in [1.54, 1.807) is 30.3 Å². The fourth-order valence-electron chi connectivity index (χ4n) is 1.89. The molecule has 0 radical (unpaired) electrons. The van der Waals surface area contributed by atoms with Gasteiger partial charge in [0.05, 0.1) is 5.56 Å². The van der Waals surface area contributed by atoms with Gasteiger partial charge in [-0.2, -0.15) is 0 Å². The second kappa shape index (κ2) is 6.49. The van der Waals surface area contributed by atoms with Crippen molar-refractivity contribution in [3.8, 4) is 0 Å². The minimum absolute atomic E-state index is 0.294. The van der Waals surface area contributed by atoms with Crippen molar-refractivity contribution in [2.45, 2.75) is 6.04 Å².